The van der Waals surface area contributed by atoms with Gasteiger partial charge in [-0.25, -0.2) is 0 Å². The van der Waals surface area contributed by atoms with Crippen molar-refractivity contribution in [3.63, 3.8) is 0 Å². The molecule has 4 nitrogen and oxygen atoms in total. The number of carbonyl (C=O) groups excluding carboxylic acids is 2. The van der Waals surface area contributed by atoms with Crippen LogP contribution in [0.2, 0.25) is 0 Å². The number of hydrogen-bond acceptors (Lipinski definition) is 2. The van der Waals surface area contributed by atoms with Gasteiger partial charge < -0.3 is 10.6 Å². The van der Waals surface area contributed by atoms with E-state index in [1.807, 2.05) is 24.3 Å². The van der Waals surface area contributed by atoms with Crippen molar-refractivity contribution in [3.8, 4) is 0 Å². The van der Waals surface area contributed by atoms with E-state index in [1.165, 1.54) is 0 Å². The van der Waals surface area contributed by atoms with Crippen molar-refractivity contribution >= 4 is 33.4 Å². The number of hydrogen-bond donors (Lipinski definition) is 2. The van der Waals surface area contributed by atoms with Gasteiger partial charge in [0.1, 0.15) is 0 Å². The minimum absolute atomic E-state index is 0.00290. The second-order valence-corrected chi connectivity index (χ2v) is 7.60. The van der Waals surface area contributed by atoms with Gasteiger partial charge >= 0.3 is 0 Å². The maximum Gasteiger partial charge on any atom is 0.227 e. The molecule has 0 atom stereocenters. The fourth-order valence-electron chi connectivity index (χ4n) is 2.88. The van der Waals surface area contributed by atoms with Crippen molar-refractivity contribution < 1.29 is 9.59 Å². The van der Waals surface area contributed by atoms with E-state index in [1.54, 1.807) is 0 Å². The lowest BCUT2D eigenvalue weighted by Gasteiger charge is -2.27. The van der Waals surface area contributed by atoms with E-state index < -0.39 is 0 Å². The first kappa shape index (κ1) is 18.0. The quantitative estimate of drug-likeness (QED) is 0.811. The molecule has 5 heteroatoms. The van der Waals surface area contributed by atoms with Crippen LogP contribution in [0, 0.1) is 17.8 Å². The van der Waals surface area contributed by atoms with E-state index >= 15 is 0 Å². The Kier molecular flexibility index (Phi) is 6.63. The molecule has 0 heterocycles. The smallest absolute Gasteiger partial charge is 0.227 e. The average molecular weight is 381 g/mol. The minimum Gasteiger partial charge on any atom is -0.356 e. The van der Waals surface area contributed by atoms with Crippen molar-refractivity contribution in [3.05, 3.63) is 28.7 Å². The highest BCUT2D eigenvalue weighted by Crippen LogP contribution is 2.30. The van der Waals surface area contributed by atoms with E-state index in [-0.39, 0.29) is 23.7 Å². The van der Waals surface area contributed by atoms with Crippen molar-refractivity contribution in [2.75, 3.05) is 11.9 Å². The molecule has 0 bridgehead atoms. The number of halogens is 1. The highest BCUT2D eigenvalue weighted by atomic mass is 79.9. The van der Waals surface area contributed by atoms with Crippen LogP contribution in [0.5, 0.6) is 0 Å². The van der Waals surface area contributed by atoms with Crippen LogP contribution in [0.1, 0.15) is 39.5 Å². The predicted octanol–water partition coefficient (Wildman–Crippen LogP) is 3.97. The van der Waals surface area contributed by atoms with E-state index in [0.29, 0.717) is 5.92 Å². The molecular formula is C18H25BrN2O2. The second-order valence-electron chi connectivity index (χ2n) is 6.69. The van der Waals surface area contributed by atoms with Crippen LogP contribution in [0.25, 0.3) is 0 Å². The highest BCUT2D eigenvalue weighted by molar-refractivity contribution is 9.10. The molecule has 1 aromatic carbocycles. The molecule has 0 saturated heterocycles. The minimum atomic E-state index is 0.00290. The molecule has 0 aromatic heterocycles. The Hall–Kier alpha value is -1.36. The zero-order valence-corrected chi connectivity index (χ0v) is 15.4. The Morgan fingerprint density at radius 2 is 1.74 bits per heavy atom. The maximum absolute atomic E-state index is 12.3. The summed E-state index contributed by atoms with van der Waals surface area (Å²) in [7, 11) is 0. The van der Waals surface area contributed by atoms with Crippen molar-refractivity contribution in [2.45, 2.75) is 39.5 Å². The van der Waals surface area contributed by atoms with Crippen molar-refractivity contribution in [1.29, 1.82) is 0 Å². The molecule has 1 fully saturated rings. The molecule has 1 saturated carbocycles. The van der Waals surface area contributed by atoms with Gasteiger partial charge in [-0.3, -0.25) is 9.59 Å². The summed E-state index contributed by atoms with van der Waals surface area (Å²) in [5.41, 5.74) is 0.807. The lowest BCUT2D eigenvalue weighted by molar-refractivity contribution is -0.128. The van der Waals surface area contributed by atoms with Gasteiger partial charge in [0.25, 0.3) is 0 Å². The summed E-state index contributed by atoms with van der Waals surface area (Å²) in [6.45, 7) is 4.90. The SMILES string of the molecule is CC(C)CNC(=O)C1CCC(C(=O)Nc2cccc(Br)c2)CC1. The first-order chi connectivity index (χ1) is 11.0. The molecule has 1 aliphatic rings. The molecule has 0 aliphatic heterocycles. The van der Waals surface area contributed by atoms with Crippen LogP contribution in [0.15, 0.2) is 28.7 Å². The Morgan fingerprint density at radius 3 is 2.30 bits per heavy atom. The van der Waals surface area contributed by atoms with Crippen LogP contribution in [-0.2, 0) is 9.59 Å². The van der Waals surface area contributed by atoms with Gasteiger partial charge in [0.2, 0.25) is 11.8 Å². The van der Waals surface area contributed by atoms with Gasteiger partial charge in [-0.15, -0.1) is 0 Å². The molecule has 1 aliphatic carbocycles. The number of nitrogens with one attached hydrogen (secondary N) is 2. The third kappa shape index (κ3) is 5.65. The highest BCUT2D eigenvalue weighted by Gasteiger charge is 2.29. The van der Waals surface area contributed by atoms with Gasteiger partial charge in [0, 0.05) is 28.5 Å². The molecule has 0 unspecified atom stereocenters. The molecular weight excluding hydrogens is 356 g/mol. The Labute approximate surface area is 146 Å². The topological polar surface area (TPSA) is 58.2 Å². The zero-order valence-electron chi connectivity index (χ0n) is 13.8. The number of anilines is 1. The number of carbonyl (C=O) groups is 2. The third-order valence-corrected chi connectivity index (χ3v) is 4.74. The van der Waals surface area contributed by atoms with Gasteiger partial charge in [0.15, 0.2) is 0 Å². The Balaban J connectivity index is 1.79. The summed E-state index contributed by atoms with van der Waals surface area (Å²) >= 11 is 3.40. The fraction of sp³-hybridized carbons (Fsp3) is 0.556. The van der Waals surface area contributed by atoms with Gasteiger partial charge in [0.05, 0.1) is 0 Å². The van der Waals surface area contributed by atoms with E-state index in [4.69, 9.17) is 0 Å². The van der Waals surface area contributed by atoms with Crippen molar-refractivity contribution in [1.82, 2.24) is 5.32 Å². The van der Waals surface area contributed by atoms with Crippen LogP contribution >= 0.6 is 15.9 Å². The molecule has 0 radical (unpaired) electrons. The van der Waals surface area contributed by atoms with Crippen LogP contribution in [0.3, 0.4) is 0 Å². The van der Waals surface area contributed by atoms with E-state index in [9.17, 15) is 9.59 Å². The van der Waals surface area contributed by atoms with Gasteiger partial charge in [-0.2, -0.15) is 0 Å². The molecule has 2 rings (SSSR count). The van der Waals surface area contributed by atoms with E-state index in [0.717, 1.165) is 42.4 Å². The number of benzene rings is 1. The van der Waals surface area contributed by atoms with Crippen molar-refractivity contribution in [2.24, 2.45) is 17.8 Å². The monoisotopic (exact) mass is 380 g/mol. The maximum atomic E-state index is 12.3. The molecule has 126 valence electrons. The lowest BCUT2D eigenvalue weighted by atomic mass is 9.81. The normalized spacial score (nSPS) is 21.0. The molecule has 1 aromatic rings. The molecule has 23 heavy (non-hydrogen) atoms. The lowest BCUT2D eigenvalue weighted by Crippen LogP contribution is -2.36. The fourth-order valence-corrected chi connectivity index (χ4v) is 3.28. The summed E-state index contributed by atoms with van der Waals surface area (Å²) in [5, 5.41) is 5.96. The van der Waals surface area contributed by atoms with Crippen LogP contribution < -0.4 is 10.6 Å². The number of amides is 2. The zero-order chi connectivity index (χ0) is 16.8. The van der Waals surface area contributed by atoms with Crippen LogP contribution in [-0.4, -0.2) is 18.4 Å². The third-order valence-electron chi connectivity index (χ3n) is 4.25. The first-order valence-electron chi connectivity index (χ1n) is 8.30. The first-order valence-corrected chi connectivity index (χ1v) is 9.09. The van der Waals surface area contributed by atoms with Crippen LogP contribution in [0.4, 0.5) is 5.69 Å². The summed E-state index contributed by atoms with van der Waals surface area (Å²) in [6, 6.07) is 7.60. The average Bonchev–Trinajstić information content (AvgIpc) is 2.52. The predicted molar refractivity (Wildman–Crippen MR) is 96.1 cm³/mol. The molecule has 2 N–H and O–H groups in total. The molecule has 2 amide bonds. The second kappa shape index (κ2) is 8.48. The van der Waals surface area contributed by atoms with Gasteiger partial charge in [-0.1, -0.05) is 35.8 Å². The largest absolute Gasteiger partial charge is 0.356 e. The summed E-state index contributed by atoms with van der Waals surface area (Å²) in [6.07, 6.45) is 3.14. The summed E-state index contributed by atoms with van der Waals surface area (Å²) < 4.78 is 0.945. The Morgan fingerprint density at radius 1 is 1.13 bits per heavy atom. The van der Waals surface area contributed by atoms with Gasteiger partial charge in [-0.05, 0) is 49.8 Å². The molecule has 0 spiro atoms. The summed E-state index contributed by atoms with van der Waals surface area (Å²) in [4.78, 5) is 24.4. The standard InChI is InChI=1S/C18H25BrN2O2/c1-12(2)11-20-17(22)13-6-8-14(9-7-13)18(23)21-16-5-3-4-15(19)10-16/h3-5,10,12-14H,6-9,11H2,1-2H3,(H,20,22)(H,21,23). The Bertz CT molecular complexity index is 552. The number of rotatable bonds is 5. The van der Waals surface area contributed by atoms with E-state index in [2.05, 4.69) is 40.4 Å². The summed E-state index contributed by atoms with van der Waals surface area (Å²) in [5.74, 6) is 0.728.